The molecule has 2 aromatic rings. The van der Waals surface area contributed by atoms with Crippen LogP contribution in [0.25, 0.3) is 0 Å². The van der Waals surface area contributed by atoms with Gasteiger partial charge in [-0.2, -0.15) is 5.10 Å². The van der Waals surface area contributed by atoms with Crippen LogP contribution in [0.4, 0.5) is 5.82 Å². The summed E-state index contributed by atoms with van der Waals surface area (Å²) in [6.07, 6.45) is 6.66. The maximum Gasteiger partial charge on any atom is 0.266 e. The minimum absolute atomic E-state index is 0.0826. The van der Waals surface area contributed by atoms with E-state index in [0.717, 1.165) is 37.5 Å². The topological polar surface area (TPSA) is 76.2 Å². The Morgan fingerprint density at radius 3 is 3.09 bits per heavy atom. The molecule has 1 unspecified atom stereocenters. The molecule has 3 rings (SSSR count). The van der Waals surface area contributed by atoms with Crippen molar-refractivity contribution < 1.29 is 4.42 Å². The molecule has 1 N–H and O–H groups in total. The average molecular weight is 303 g/mol. The van der Waals surface area contributed by atoms with E-state index in [4.69, 9.17) is 4.42 Å². The summed E-state index contributed by atoms with van der Waals surface area (Å²) in [7, 11) is 1.69. The van der Waals surface area contributed by atoms with Crippen molar-refractivity contribution in [3.05, 3.63) is 40.8 Å². The molecule has 0 amide bonds. The van der Waals surface area contributed by atoms with Crippen LogP contribution >= 0.6 is 0 Å². The molecule has 1 aliphatic heterocycles. The number of rotatable bonds is 5. The number of piperidine rings is 1. The molecule has 0 radical (unpaired) electrons. The Balaban J connectivity index is 1.65. The molecule has 1 saturated heterocycles. The predicted molar refractivity (Wildman–Crippen MR) is 82.7 cm³/mol. The van der Waals surface area contributed by atoms with E-state index < -0.39 is 0 Å². The Hall–Kier alpha value is -2.15. The molecular formula is C15H21N5O2. The van der Waals surface area contributed by atoms with E-state index in [1.807, 2.05) is 6.07 Å². The summed E-state index contributed by atoms with van der Waals surface area (Å²) in [6, 6.07) is 3.77. The molecule has 7 heteroatoms. The summed E-state index contributed by atoms with van der Waals surface area (Å²) in [6.45, 7) is 2.50. The number of oxazole rings is 1. The zero-order valence-corrected chi connectivity index (χ0v) is 12.7. The van der Waals surface area contributed by atoms with Gasteiger partial charge in [-0.15, -0.1) is 0 Å². The summed E-state index contributed by atoms with van der Waals surface area (Å²) >= 11 is 0. The lowest BCUT2D eigenvalue weighted by atomic mass is 10.0. The lowest BCUT2D eigenvalue weighted by Crippen LogP contribution is -2.46. The smallest absolute Gasteiger partial charge is 0.266 e. The SMILES string of the molecule is Cn1nc(N2CCCCC2CNCc2cnco2)ccc1=O. The van der Waals surface area contributed by atoms with Gasteiger partial charge in [0.15, 0.2) is 6.39 Å². The molecule has 0 bridgehead atoms. The van der Waals surface area contributed by atoms with E-state index in [-0.39, 0.29) is 5.56 Å². The zero-order valence-electron chi connectivity index (χ0n) is 12.7. The molecule has 1 fully saturated rings. The van der Waals surface area contributed by atoms with Crippen LogP contribution in [0, 0.1) is 0 Å². The quantitative estimate of drug-likeness (QED) is 0.885. The van der Waals surface area contributed by atoms with E-state index in [1.165, 1.54) is 17.5 Å². The first-order valence-electron chi connectivity index (χ1n) is 7.63. The summed E-state index contributed by atoms with van der Waals surface area (Å²) in [5.41, 5.74) is -0.0826. The number of hydrogen-bond donors (Lipinski definition) is 1. The number of aryl methyl sites for hydroxylation is 1. The molecule has 2 aromatic heterocycles. The van der Waals surface area contributed by atoms with E-state index in [2.05, 4.69) is 20.3 Å². The Labute approximate surface area is 129 Å². The van der Waals surface area contributed by atoms with Gasteiger partial charge in [0.05, 0.1) is 12.7 Å². The van der Waals surface area contributed by atoms with Gasteiger partial charge in [0.1, 0.15) is 11.6 Å². The highest BCUT2D eigenvalue weighted by Gasteiger charge is 2.23. The fourth-order valence-corrected chi connectivity index (χ4v) is 2.85. The Kier molecular flexibility index (Phi) is 4.53. The van der Waals surface area contributed by atoms with Crippen molar-refractivity contribution >= 4 is 5.82 Å². The van der Waals surface area contributed by atoms with Crippen LogP contribution in [0.15, 0.2) is 33.9 Å². The lowest BCUT2D eigenvalue weighted by molar-refractivity contribution is 0.414. The molecule has 0 saturated carbocycles. The second-order valence-electron chi connectivity index (χ2n) is 5.60. The van der Waals surface area contributed by atoms with Gasteiger partial charge in [-0.3, -0.25) is 4.79 Å². The van der Waals surface area contributed by atoms with Crippen LogP contribution in [0.5, 0.6) is 0 Å². The van der Waals surface area contributed by atoms with Crippen LogP contribution in [0.3, 0.4) is 0 Å². The minimum Gasteiger partial charge on any atom is -0.447 e. The molecular weight excluding hydrogens is 282 g/mol. The van der Waals surface area contributed by atoms with Gasteiger partial charge >= 0.3 is 0 Å². The van der Waals surface area contributed by atoms with Crippen LogP contribution in [-0.4, -0.2) is 33.9 Å². The number of nitrogens with one attached hydrogen (secondary N) is 1. The normalized spacial score (nSPS) is 18.6. The largest absolute Gasteiger partial charge is 0.447 e. The van der Waals surface area contributed by atoms with Crippen LogP contribution in [0.1, 0.15) is 25.0 Å². The molecule has 1 atom stereocenters. The van der Waals surface area contributed by atoms with Gasteiger partial charge in [0.25, 0.3) is 5.56 Å². The van der Waals surface area contributed by atoms with Crippen molar-refractivity contribution in [1.82, 2.24) is 20.1 Å². The van der Waals surface area contributed by atoms with Crippen molar-refractivity contribution in [2.75, 3.05) is 18.0 Å². The number of aromatic nitrogens is 3. The van der Waals surface area contributed by atoms with Crippen molar-refractivity contribution in [2.24, 2.45) is 7.05 Å². The standard InChI is InChI=1S/C15H21N5O2/c1-19-15(21)6-5-14(18-19)20-7-3-2-4-12(20)8-16-9-13-10-17-11-22-13/h5-6,10-12,16H,2-4,7-9H2,1H3. The monoisotopic (exact) mass is 303 g/mol. The third-order valence-corrected chi connectivity index (χ3v) is 4.03. The fraction of sp³-hybridized carbons (Fsp3) is 0.533. The Morgan fingerprint density at radius 2 is 2.32 bits per heavy atom. The van der Waals surface area contributed by atoms with E-state index in [1.54, 1.807) is 19.3 Å². The molecule has 3 heterocycles. The summed E-state index contributed by atoms with van der Waals surface area (Å²) in [4.78, 5) is 17.7. The molecule has 0 aliphatic carbocycles. The van der Waals surface area contributed by atoms with Crippen LogP contribution in [-0.2, 0) is 13.6 Å². The van der Waals surface area contributed by atoms with E-state index in [0.29, 0.717) is 12.6 Å². The lowest BCUT2D eigenvalue weighted by Gasteiger charge is -2.36. The average Bonchev–Trinajstić information content (AvgIpc) is 3.04. The maximum atomic E-state index is 11.5. The van der Waals surface area contributed by atoms with E-state index >= 15 is 0 Å². The molecule has 1 aliphatic rings. The van der Waals surface area contributed by atoms with Gasteiger partial charge in [-0.25, -0.2) is 9.67 Å². The van der Waals surface area contributed by atoms with Gasteiger partial charge in [-0.05, 0) is 25.3 Å². The Morgan fingerprint density at radius 1 is 1.41 bits per heavy atom. The predicted octanol–water partition coefficient (Wildman–Crippen LogP) is 0.917. The van der Waals surface area contributed by atoms with Crippen molar-refractivity contribution in [3.63, 3.8) is 0 Å². The highest BCUT2D eigenvalue weighted by atomic mass is 16.3. The number of nitrogens with zero attached hydrogens (tertiary/aromatic N) is 4. The Bertz CT molecular complexity index is 652. The van der Waals surface area contributed by atoms with Gasteiger partial charge in [0, 0.05) is 32.2 Å². The first-order valence-corrected chi connectivity index (χ1v) is 7.63. The third-order valence-electron chi connectivity index (χ3n) is 4.03. The van der Waals surface area contributed by atoms with Crippen LogP contribution < -0.4 is 15.8 Å². The molecule has 0 aromatic carbocycles. The van der Waals surface area contributed by atoms with Gasteiger partial charge in [0.2, 0.25) is 0 Å². The van der Waals surface area contributed by atoms with Crippen LogP contribution in [0.2, 0.25) is 0 Å². The highest BCUT2D eigenvalue weighted by molar-refractivity contribution is 5.38. The second kappa shape index (κ2) is 6.74. The first kappa shape index (κ1) is 14.8. The summed E-state index contributed by atoms with van der Waals surface area (Å²) in [5.74, 6) is 1.70. The number of hydrogen-bond acceptors (Lipinski definition) is 6. The highest BCUT2D eigenvalue weighted by Crippen LogP contribution is 2.21. The van der Waals surface area contributed by atoms with Gasteiger partial charge < -0.3 is 14.6 Å². The van der Waals surface area contributed by atoms with Gasteiger partial charge in [-0.1, -0.05) is 0 Å². The minimum atomic E-state index is -0.0826. The molecule has 118 valence electrons. The molecule has 0 spiro atoms. The fourth-order valence-electron chi connectivity index (χ4n) is 2.85. The summed E-state index contributed by atoms with van der Waals surface area (Å²) in [5, 5.41) is 7.79. The van der Waals surface area contributed by atoms with Crippen molar-refractivity contribution in [1.29, 1.82) is 0 Å². The maximum absolute atomic E-state index is 11.5. The third kappa shape index (κ3) is 3.36. The zero-order chi connectivity index (χ0) is 15.4. The van der Waals surface area contributed by atoms with E-state index in [9.17, 15) is 4.79 Å². The first-order chi connectivity index (χ1) is 10.7. The summed E-state index contributed by atoms with van der Waals surface area (Å²) < 4.78 is 6.62. The molecule has 22 heavy (non-hydrogen) atoms. The second-order valence-corrected chi connectivity index (χ2v) is 5.60. The molecule has 7 nitrogen and oxygen atoms in total. The number of anilines is 1. The van der Waals surface area contributed by atoms with Crippen molar-refractivity contribution in [3.8, 4) is 0 Å². The van der Waals surface area contributed by atoms with Crippen molar-refractivity contribution in [2.45, 2.75) is 31.8 Å².